The van der Waals surface area contributed by atoms with Crippen LogP contribution in [-0.4, -0.2) is 0 Å². The topological polar surface area (TPSA) is 0 Å². The summed E-state index contributed by atoms with van der Waals surface area (Å²) < 4.78 is 0. The minimum atomic E-state index is -1.83. The standard InChI is InChI=1S/C18H16PS.BrH/c20-19(16-10-4-1-5-11-16,17-12-6-2-7-13-17)18-14-8-3-9-15-18;/h1-15,20H;1H/q+1;/p-1. The normalized spacial score (nSPS) is 10.7. The lowest BCUT2D eigenvalue weighted by atomic mass is 10.4. The van der Waals surface area contributed by atoms with E-state index < -0.39 is 6.46 Å². The Hall–Kier alpha value is -1.08. The first-order valence-electron chi connectivity index (χ1n) is 6.60. The van der Waals surface area contributed by atoms with Gasteiger partial charge < -0.3 is 17.0 Å². The smallest absolute Gasteiger partial charge is 0.167 e. The van der Waals surface area contributed by atoms with Gasteiger partial charge in [-0.05, 0) is 36.4 Å². The summed E-state index contributed by atoms with van der Waals surface area (Å²) in [6.07, 6.45) is 0. The highest BCUT2D eigenvalue weighted by molar-refractivity contribution is 8.61. The predicted molar refractivity (Wildman–Crippen MR) is 94.1 cm³/mol. The first-order valence-corrected chi connectivity index (χ1v) is 9.54. The molecular formula is C18H16BrPS. The molecule has 21 heavy (non-hydrogen) atoms. The molecule has 0 nitrogen and oxygen atoms in total. The Bertz CT molecular complexity index is 575. The molecule has 0 saturated carbocycles. The summed E-state index contributed by atoms with van der Waals surface area (Å²) >= 11 is 5.20. The molecule has 0 bridgehead atoms. The predicted octanol–water partition coefficient (Wildman–Crippen LogP) is 0.829. The number of hydrogen-bond donors (Lipinski definition) is 1. The van der Waals surface area contributed by atoms with E-state index in [1.54, 1.807) is 0 Å². The Morgan fingerprint density at radius 3 is 0.952 bits per heavy atom. The summed E-state index contributed by atoms with van der Waals surface area (Å²) in [5.41, 5.74) is 0. The molecule has 0 saturated heterocycles. The third-order valence-electron chi connectivity index (χ3n) is 3.39. The average molecular weight is 375 g/mol. The van der Waals surface area contributed by atoms with Gasteiger partial charge in [0.1, 0.15) is 15.9 Å². The van der Waals surface area contributed by atoms with Crippen molar-refractivity contribution in [3.8, 4) is 0 Å². The molecule has 0 aliphatic heterocycles. The molecule has 0 fully saturated rings. The second kappa shape index (κ2) is 7.26. The van der Waals surface area contributed by atoms with Crippen LogP contribution in [0.15, 0.2) is 91.0 Å². The van der Waals surface area contributed by atoms with Crippen molar-refractivity contribution in [3.63, 3.8) is 0 Å². The van der Waals surface area contributed by atoms with Crippen LogP contribution in [0.1, 0.15) is 0 Å². The molecule has 0 N–H and O–H groups in total. The van der Waals surface area contributed by atoms with Crippen molar-refractivity contribution in [1.29, 1.82) is 0 Å². The van der Waals surface area contributed by atoms with Crippen LogP contribution < -0.4 is 32.9 Å². The van der Waals surface area contributed by atoms with Crippen LogP contribution in [0.4, 0.5) is 0 Å². The van der Waals surface area contributed by atoms with E-state index in [-0.39, 0.29) is 17.0 Å². The molecule has 0 spiro atoms. The number of hydrogen-bond acceptors (Lipinski definition) is 1. The van der Waals surface area contributed by atoms with Crippen molar-refractivity contribution in [2.75, 3.05) is 0 Å². The van der Waals surface area contributed by atoms with Crippen molar-refractivity contribution in [2.24, 2.45) is 0 Å². The van der Waals surface area contributed by atoms with E-state index in [9.17, 15) is 0 Å². The van der Waals surface area contributed by atoms with Gasteiger partial charge in [0, 0.05) is 12.2 Å². The second-order valence-electron chi connectivity index (χ2n) is 4.64. The van der Waals surface area contributed by atoms with Gasteiger partial charge in [-0.3, -0.25) is 0 Å². The zero-order valence-electron chi connectivity index (χ0n) is 11.4. The van der Waals surface area contributed by atoms with Gasteiger partial charge in [0.15, 0.2) is 6.46 Å². The Labute approximate surface area is 142 Å². The van der Waals surface area contributed by atoms with Crippen LogP contribution in [0.3, 0.4) is 0 Å². The van der Waals surface area contributed by atoms with Crippen LogP contribution >= 0.6 is 18.7 Å². The van der Waals surface area contributed by atoms with E-state index in [0.29, 0.717) is 0 Å². The highest BCUT2D eigenvalue weighted by Crippen LogP contribution is 2.59. The zero-order chi connectivity index (χ0) is 13.8. The third-order valence-corrected chi connectivity index (χ3v) is 8.60. The first kappa shape index (κ1) is 16.3. The summed E-state index contributed by atoms with van der Waals surface area (Å²) in [4.78, 5) is 0. The molecular weight excluding hydrogens is 359 g/mol. The largest absolute Gasteiger partial charge is 1.00 e. The fourth-order valence-electron chi connectivity index (χ4n) is 2.38. The van der Waals surface area contributed by atoms with E-state index in [1.165, 1.54) is 15.9 Å². The molecule has 3 rings (SSSR count). The highest BCUT2D eigenvalue weighted by atomic mass is 79.9. The maximum absolute atomic E-state index is 5.20. The van der Waals surface area contributed by atoms with E-state index in [4.69, 9.17) is 12.2 Å². The Kier molecular flexibility index (Phi) is 5.64. The van der Waals surface area contributed by atoms with Crippen molar-refractivity contribution in [2.45, 2.75) is 0 Å². The minimum Gasteiger partial charge on any atom is -1.00 e. The lowest BCUT2D eigenvalue weighted by Gasteiger charge is -2.20. The van der Waals surface area contributed by atoms with Gasteiger partial charge >= 0.3 is 0 Å². The lowest BCUT2D eigenvalue weighted by molar-refractivity contribution is -0.00000369. The Morgan fingerprint density at radius 1 is 0.476 bits per heavy atom. The third kappa shape index (κ3) is 3.23. The number of benzene rings is 3. The minimum absolute atomic E-state index is 0. The molecule has 3 aromatic carbocycles. The fourth-order valence-corrected chi connectivity index (χ4v) is 6.28. The Morgan fingerprint density at radius 2 is 0.714 bits per heavy atom. The van der Waals surface area contributed by atoms with E-state index >= 15 is 0 Å². The average Bonchev–Trinajstić information content (AvgIpc) is 2.56. The van der Waals surface area contributed by atoms with E-state index in [1.807, 2.05) is 0 Å². The van der Waals surface area contributed by atoms with Gasteiger partial charge in [-0.25, -0.2) is 0 Å². The van der Waals surface area contributed by atoms with Gasteiger partial charge in [-0.15, -0.1) is 0 Å². The maximum Gasteiger partial charge on any atom is 0.167 e. The number of halogens is 1. The van der Waals surface area contributed by atoms with Crippen LogP contribution in [0.25, 0.3) is 0 Å². The number of thiol groups is 1. The summed E-state index contributed by atoms with van der Waals surface area (Å²) in [7, 11) is 0. The molecule has 0 aliphatic carbocycles. The molecule has 0 aromatic heterocycles. The molecule has 3 heteroatoms. The summed E-state index contributed by atoms with van der Waals surface area (Å²) in [6, 6.07) is 31.8. The van der Waals surface area contributed by atoms with Gasteiger partial charge in [0.05, 0.1) is 0 Å². The molecule has 0 aliphatic rings. The lowest BCUT2D eigenvalue weighted by Crippen LogP contribution is -3.00. The van der Waals surface area contributed by atoms with E-state index in [0.717, 1.165) is 0 Å². The van der Waals surface area contributed by atoms with Crippen molar-refractivity contribution in [3.05, 3.63) is 91.0 Å². The van der Waals surface area contributed by atoms with Crippen LogP contribution in [0, 0.1) is 0 Å². The van der Waals surface area contributed by atoms with Gasteiger partial charge in [-0.2, -0.15) is 0 Å². The van der Waals surface area contributed by atoms with Crippen molar-refractivity contribution < 1.29 is 17.0 Å². The van der Waals surface area contributed by atoms with Gasteiger partial charge in [-0.1, -0.05) is 54.6 Å². The van der Waals surface area contributed by atoms with Gasteiger partial charge in [0.25, 0.3) is 0 Å². The highest BCUT2D eigenvalue weighted by Gasteiger charge is 2.41. The van der Waals surface area contributed by atoms with Crippen LogP contribution in [-0.2, 0) is 0 Å². The molecule has 0 atom stereocenters. The maximum atomic E-state index is 5.20. The number of rotatable bonds is 3. The van der Waals surface area contributed by atoms with Crippen molar-refractivity contribution in [1.82, 2.24) is 0 Å². The second-order valence-corrected chi connectivity index (χ2v) is 9.26. The molecule has 0 heterocycles. The van der Waals surface area contributed by atoms with Gasteiger partial charge in [0.2, 0.25) is 0 Å². The SMILES string of the molecule is S[P+](c1ccccc1)(c1ccccc1)c1ccccc1.[Br-]. The monoisotopic (exact) mass is 374 g/mol. The molecule has 0 radical (unpaired) electrons. The fraction of sp³-hybridized carbons (Fsp3) is 0. The first-order chi connectivity index (χ1) is 9.82. The molecule has 0 amide bonds. The Balaban J connectivity index is 0.00000161. The van der Waals surface area contributed by atoms with Crippen LogP contribution in [0.2, 0.25) is 0 Å². The van der Waals surface area contributed by atoms with E-state index in [2.05, 4.69) is 91.0 Å². The quantitative estimate of drug-likeness (QED) is 0.509. The molecule has 3 aromatic rings. The zero-order valence-corrected chi connectivity index (χ0v) is 14.8. The molecule has 0 unspecified atom stereocenters. The molecule has 106 valence electrons. The summed E-state index contributed by atoms with van der Waals surface area (Å²) in [6.45, 7) is -1.83. The summed E-state index contributed by atoms with van der Waals surface area (Å²) in [5, 5.41) is 3.88. The summed E-state index contributed by atoms with van der Waals surface area (Å²) in [5.74, 6) is 0. The van der Waals surface area contributed by atoms with Crippen molar-refractivity contribution >= 4 is 34.6 Å². The van der Waals surface area contributed by atoms with Crippen LogP contribution in [0.5, 0.6) is 0 Å².